The van der Waals surface area contributed by atoms with Crippen LogP contribution in [-0.2, 0) is 21.4 Å². The van der Waals surface area contributed by atoms with Crippen molar-refractivity contribution in [2.45, 2.75) is 11.4 Å². The maximum Gasteiger partial charge on any atom is 0.243 e. The number of carbonyl (C=O) groups excluding carboxylic acids is 1. The molecule has 0 aliphatic rings. The van der Waals surface area contributed by atoms with Gasteiger partial charge in [-0.05, 0) is 30.3 Å². The van der Waals surface area contributed by atoms with E-state index in [2.05, 4.69) is 21.2 Å². The van der Waals surface area contributed by atoms with E-state index in [0.29, 0.717) is 5.56 Å². The molecule has 2 aromatic carbocycles. The second kappa shape index (κ2) is 7.87. The van der Waals surface area contributed by atoms with Crippen molar-refractivity contribution in [3.8, 4) is 0 Å². The lowest BCUT2D eigenvalue weighted by atomic mass is 10.2. The number of nitrogens with one attached hydrogen (secondary N) is 1. The molecule has 2 rings (SSSR count). The molecule has 0 bridgehead atoms. The molecule has 0 aromatic heterocycles. The van der Waals surface area contributed by atoms with Crippen molar-refractivity contribution in [2.24, 2.45) is 0 Å². The zero-order chi connectivity index (χ0) is 17.7. The van der Waals surface area contributed by atoms with E-state index in [0.717, 1.165) is 8.78 Å². The molecule has 0 heterocycles. The second-order valence-electron chi connectivity index (χ2n) is 5.08. The van der Waals surface area contributed by atoms with E-state index in [9.17, 15) is 17.6 Å². The van der Waals surface area contributed by atoms with E-state index in [1.54, 1.807) is 30.3 Å². The lowest BCUT2D eigenvalue weighted by Gasteiger charge is -2.17. The van der Waals surface area contributed by atoms with Crippen LogP contribution in [0.5, 0.6) is 0 Å². The highest BCUT2D eigenvalue weighted by Crippen LogP contribution is 2.17. The molecule has 0 saturated heterocycles. The van der Waals surface area contributed by atoms with Gasteiger partial charge in [0.2, 0.25) is 15.9 Å². The number of benzene rings is 2. The third-order valence-corrected chi connectivity index (χ3v) is 5.67. The first-order chi connectivity index (χ1) is 11.3. The predicted octanol–water partition coefficient (Wildman–Crippen LogP) is 2.53. The highest BCUT2D eigenvalue weighted by molar-refractivity contribution is 9.10. The van der Waals surface area contributed by atoms with Crippen LogP contribution >= 0.6 is 15.9 Å². The van der Waals surface area contributed by atoms with E-state index in [-0.39, 0.29) is 18.0 Å². The smallest absolute Gasteiger partial charge is 0.243 e. The molecule has 1 amide bonds. The largest absolute Gasteiger partial charge is 0.351 e. The number of amides is 1. The molecule has 5 nitrogen and oxygen atoms in total. The lowest BCUT2D eigenvalue weighted by molar-refractivity contribution is -0.121. The molecule has 0 radical (unpaired) electrons. The highest BCUT2D eigenvalue weighted by atomic mass is 79.9. The molecular formula is C16H16BrFN2O3S. The topological polar surface area (TPSA) is 66.5 Å². The van der Waals surface area contributed by atoms with Crippen LogP contribution in [0.25, 0.3) is 0 Å². The van der Waals surface area contributed by atoms with Crippen LogP contribution in [-0.4, -0.2) is 32.2 Å². The molecule has 2 aromatic rings. The van der Waals surface area contributed by atoms with Crippen molar-refractivity contribution in [1.82, 2.24) is 9.62 Å². The van der Waals surface area contributed by atoms with Crippen LogP contribution in [0.1, 0.15) is 5.56 Å². The first-order valence-electron chi connectivity index (χ1n) is 7.02. The SMILES string of the molecule is CN(CC(=O)NCc1ccccc1F)S(=O)(=O)c1ccc(Br)cc1. The van der Waals surface area contributed by atoms with Crippen LogP contribution in [0.3, 0.4) is 0 Å². The van der Waals surface area contributed by atoms with E-state index < -0.39 is 21.7 Å². The fourth-order valence-electron chi connectivity index (χ4n) is 1.97. The number of rotatable bonds is 6. The number of hydrogen-bond acceptors (Lipinski definition) is 3. The number of nitrogens with zero attached hydrogens (tertiary/aromatic N) is 1. The van der Waals surface area contributed by atoms with Gasteiger partial charge in [-0.2, -0.15) is 4.31 Å². The van der Waals surface area contributed by atoms with Crippen molar-refractivity contribution < 1.29 is 17.6 Å². The molecule has 0 fully saturated rings. The number of halogens is 2. The zero-order valence-electron chi connectivity index (χ0n) is 12.9. The zero-order valence-corrected chi connectivity index (χ0v) is 15.3. The Kier molecular flexibility index (Phi) is 6.09. The highest BCUT2D eigenvalue weighted by Gasteiger charge is 2.22. The van der Waals surface area contributed by atoms with Gasteiger partial charge in [0.25, 0.3) is 0 Å². The van der Waals surface area contributed by atoms with E-state index >= 15 is 0 Å². The Bertz CT molecular complexity index is 825. The summed E-state index contributed by atoms with van der Waals surface area (Å²) in [5.74, 6) is -0.935. The van der Waals surface area contributed by atoms with Gasteiger partial charge in [0.1, 0.15) is 5.82 Å². The van der Waals surface area contributed by atoms with Crippen LogP contribution < -0.4 is 5.32 Å². The van der Waals surface area contributed by atoms with Crippen LogP contribution in [0.4, 0.5) is 4.39 Å². The number of likely N-dealkylation sites (N-methyl/N-ethyl adjacent to an activating group) is 1. The number of sulfonamides is 1. The molecule has 0 aliphatic carbocycles. The van der Waals surface area contributed by atoms with Crippen molar-refractivity contribution in [3.63, 3.8) is 0 Å². The Morgan fingerprint density at radius 3 is 2.42 bits per heavy atom. The van der Waals surface area contributed by atoms with Gasteiger partial charge in [-0.1, -0.05) is 34.1 Å². The molecule has 0 spiro atoms. The van der Waals surface area contributed by atoms with Crippen LogP contribution in [0.2, 0.25) is 0 Å². The molecule has 0 aliphatic heterocycles. The first kappa shape index (κ1) is 18.6. The average molecular weight is 415 g/mol. The van der Waals surface area contributed by atoms with Gasteiger partial charge in [0.15, 0.2) is 0 Å². The number of hydrogen-bond donors (Lipinski definition) is 1. The van der Waals surface area contributed by atoms with Gasteiger partial charge >= 0.3 is 0 Å². The van der Waals surface area contributed by atoms with Gasteiger partial charge < -0.3 is 5.32 Å². The standard InChI is InChI=1S/C16H16BrFN2O3S/c1-20(24(22,23)14-8-6-13(17)7-9-14)11-16(21)19-10-12-4-2-3-5-15(12)18/h2-9H,10-11H2,1H3,(H,19,21). The van der Waals surface area contributed by atoms with Crippen LogP contribution in [0, 0.1) is 5.82 Å². The minimum absolute atomic E-state index is 0.00230. The van der Waals surface area contributed by atoms with Gasteiger partial charge in [-0.25, -0.2) is 12.8 Å². The Labute approximate surface area is 148 Å². The molecule has 128 valence electrons. The average Bonchev–Trinajstić information content (AvgIpc) is 2.54. The van der Waals surface area contributed by atoms with E-state index in [1.165, 1.54) is 25.2 Å². The Balaban J connectivity index is 1.98. The summed E-state index contributed by atoms with van der Waals surface area (Å²) in [7, 11) is -2.44. The second-order valence-corrected chi connectivity index (χ2v) is 8.04. The summed E-state index contributed by atoms with van der Waals surface area (Å²) in [5.41, 5.74) is 0.337. The van der Waals surface area contributed by atoms with Gasteiger partial charge in [0, 0.05) is 23.6 Å². The summed E-state index contributed by atoms with van der Waals surface area (Å²) in [6.45, 7) is -0.357. The quantitative estimate of drug-likeness (QED) is 0.789. The molecular weight excluding hydrogens is 399 g/mol. The summed E-state index contributed by atoms with van der Waals surface area (Å²) in [5, 5.41) is 2.51. The fraction of sp³-hybridized carbons (Fsp3) is 0.188. The third-order valence-electron chi connectivity index (χ3n) is 3.32. The molecule has 8 heteroatoms. The normalized spacial score (nSPS) is 11.5. The van der Waals surface area contributed by atoms with Crippen molar-refractivity contribution >= 4 is 31.9 Å². The summed E-state index contributed by atoms with van der Waals surface area (Å²) < 4.78 is 39.9. The van der Waals surface area contributed by atoms with E-state index in [1.807, 2.05) is 0 Å². The van der Waals surface area contributed by atoms with Gasteiger partial charge in [-0.3, -0.25) is 4.79 Å². The number of carbonyl (C=O) groups is 1. The molecule has 0 atom stereocenters. The molecule has 24 heavy (non-hydrogen) atoms. The minimum Gasteiger partial charge on any atom is -0.351 e. The van der Waals surface area contributed by atoms with Crippen molar-refractivity contribution in [3.05, 3.63) is 64.4 Å². The van der Waals surface area contributed by atoms with E-state index in [4.69, 9.17) is 0 Å². The third kappa shape index (κ3) is 4.62. The Hall–Kier alpha value is -1.77. The molecule has 0 unspecified atom stereocenters. The minimum atomic E-state index is -3.76. The summed E-state index contributed by atoms with van der Waals surface area (Å²) >= 11 is 3.23. The van der Waals surface area contributed by atoms with Crippen molar-refractivity contribution in [1.29, 1.82) is 0 Å². The maximum absolute atomic E-state index is 13.5. The summed E-state index contributed by atoms with van der Waals surface area (Å²) in [4.78, 5) is 12.0. The maximum atomic E-state index is 13.5. The monoisotopic (exact) mass is 414 g/mol. The molecule has 1 N–H and O–H groups in total. The summed E-state index contributed by atoms with van der Waals surface area (Å²) in [6.07, 6.45) is 0. The van der Waals surface area contributed by atoms with Crippen molar-refractivity contribution in [2.75, 3.05) is 13.6 Å². The first-order valence-corrected chi connectivity index (χ1v) is 9.26. The Morgan fingerprint density at radius 2 is 1.79 bits per heavy atom. The Morgan fingerprint density at radius 1 is 1.17 bits per heavy atom. The van der Waals surface area contributed by atoms with Crippen LogP contribution in [0.15, 0.2) is 57.9 Å². The lowest BCUT2D eigenvalue weighted by Crippen LogP contribution is -2.38. The fourth-order valence-corrected chi connectivity index (χ4v) is 3.36. The van der Waals surface area contributed by atoms with Gasteiger partial charge in [0.05, 0.1) is 11.4 Å². The summed E-state index contributed by atoms with van der Waals surface area (Å²) in [6, 6.07) is 12.2. The van der Waals surface area contributed by atoms with Gasteiger partial charge in [-0.15, -0.1) is 0 Å². The predicted molar refractivity (Wildman–Crippen MR) is 92.2 cm³/mol. The molecule has 0 saturated carbocycles.